The Kier molecular flexibility index (Phi) is 8.64. The maximum absolute atomic E-state index is 13.0. The minimum absolute atomic E-state index is 0.0181. The average Bonchev–Trinajstić information content (AvgIpc) is 3.29. The van der Waals surface area contributed by atoms with E-state index in [1.54, 1.807) is 75.4 Å². The van der Waals surface area contributed by atoms with Crippen molar-refractivity contribution in [3.63, 3.8) is 0 Å². The van der Waals surface area contributed by atoms with Gasteiger partial charge in [0.25, 0.3) is 5.91 Å². The summed E-state index contributed by atoms with van der Waals surface area (Å²) in [5.41, 5.74) is 3.44. The average molecular weight is 581 g/mol. The first kappa shape index (κ1) is 29.9. The number of aliphatic hydroxyl groups excluding tert-OH is 2. The molecule has 1 aromatic heterocycles. The number of rotatable bonds is 10. The third-order valence-electron chi connectivity index (χ3n) is 7.01. The molecular weight excluding hydrogens is 548 g/mol. The fourth-order valence-electron chi connectivity index (χ4n) is 4.86. The van der Waals surface area contributed by atoms with Crippen molar-refractivity contribution in [2.24, 2.45) is 5.92 Å². The van der Waals surface area contributed by atoms with Crippen LogP contribution in [0.15, 0.2) is 76.0 Å². The summed E-state index contributed by atoms with van der Waals surface area (Å²) >= 11 is 0. The zero-order valence-electron chi connectivity index (χ0n) is 23.0. The van der Waals surface area contributed by atoms with E-state index in [2.05, 4.69) is 5.32 Å². The van der Waals surface area contributed by atoms with E-state index in [-0.39, 0.29) is 10.7 Å². The van der Waals surface area contributed by atoms with Crippen molar-refractivity contribution in [2.45, 2.75) is 37.8 Å². The minimum atomic E-state index is -4.03. The molecule has 2 atom stereocenters. The van der Waals surface area contributed by atoms with E-state index in [4.69, 9.17) is 4.42 Å². The highest BCUT2D eigenvalue weighted by Crippen LogP contribution is 2.32. The normalized spacial score (nSPS) is 13.5. The summed E-state index contributed by atoms with van der Waals surface area (Å²) in [5.74, 6) is -2.02. The molecule has 216 valence electrons. The summed E-state index contributed by atoms with van der Waals surface area (Å²) < 4.78 is 32.7. The Hall–Kier alpha value is -4.03. The summed E-state index contributed by atoms with van der Waals surface area (Å²) in [5, 5.41) is 32.4. The fraction of sp³-hybridized carbons (Fsp3) is 0.267. The fourth-order valence-corrected chi connectivity index (χ4v) is 6.30. The van der Waals surface area contributed by atoms with Gasteiger partial charge in [0.05, 0.1) is 11.5 Å². The highest BCUT2D eigenvalue weighted by atomic mass is 32.2. The summed E-state index contributed by atoms with van der Waals surface area (Å²) in [4.78, 5) is 24.6. The van der Waals surface area contributed by atoms with Crippen molar-refractivity contribution >= 4 is 38.6 Å². The van der Waals surface area contributed by atoms with Crippen LogP contribution in [0, 0.1) is 12.8 Å². The second kappa shape index (κ2) is 11.8. The van der Waals surface area contributed by atoms with Gasteiger partial charge >= 0.3 is 5.97 Å². The highest BCUT2D eigenvalue weighted by Gasteiger charge is 2.35. The second-order valence-electron chi connectivity index (χ2n) is 10.1. The van der Waals surface area contributed by atoms with Crippen LogP contribution in [-0.2, 0) is 14.8 Å². The number of anilines is 1. The predicted molar refractivity (Wildman–Crippen MR) is 154 cm³/mol. The first-order valence-electron chi connectivity index (χ1n) is 12.9. The third-order valence-corrected chi connectivity index (χ3v) is 8.86. The summed E-state index contributed by atoms with van der Waals surface area (Å²) in [6, 6.07) is 16.9. The molecule has 41 heavy (non-hydrogen) atoms. The summed E-state index contributed by atoms with van der Waals surface area (Å²) in [6.45, 7) is 4.55. The van der Waals surface area contributed by atoms with Gasteiger partial charge in [-0.05, 0) is 59.9 Å². The van der Waals surface area contributed by atoms with Crippen molar-refractivity contribution < 1.29 is 37.7 Å². The van der Waals surface area contributed by atoms with E-state index in [1.165, 1.54) is 19.2 Å². The van der Waals surface area contributed by atoms with Gasteiger partial charge in [0.15, 0.2) is 5.76 Å². The van der Waals surface area contributed by atoms with Gasteiger partial charge < -0.3 is 25.1 Å². The minimum Gasteiger partial charge on any atom is -0.480 e. The third kappa shape index (κ3) is 5.89. The Morgan fingerprint density at radius 1 is 0.976 bits per heavy atom. The highest BCUT2D eigenvalue weighted by molar-refractivity contribution is 7.89. The van der Waals surface area contributed by atoms with Gasteiger partial charge in [0, 0.05) is 23.7 Å². The SMILES string of the molecule is Cc1c(C(=O)Nc2ccc(-c3ccc(S(=O)(=O)N(C)[C@H](C(=O)O)C(C)C)cc3)cc2)oc2cccc(C(O)CO)c12. The molecule has 0 saturated heterocycles. The van der Waals surface area contributed by atoms with Crippen LogP contribution in [0.1, 0.15) is 41.6 Å². The molecule has 0 spiro atoms. The van der Waals surface area contributed by atoms with Gasteiger partial charge in [-0.15, -0.1) is 0 Å². The number of carboxylic acids is 1. The number of aliphatic carboxylic acids is 1. The number of sulfonamides is 1. The number of carbonyl (C=O) groups excluding carboxylic acids is 1. The zero-order chi connectivity index (χ0) is 30.1. The maximum atomic E-state index is 13.0. The molecule has 1 unspecified atom stereocenters. The molecule has 0 aliphatic heterocycles. The molecule has 4 rings (SSSR count). The van der Waals surface area contributed by atoms with Crippen molar-refractivity contribution in [3.05, 3.63) is 83.6 Å². The monoisotopic (exact) mass is 580 g/mol. The number of aryl methyl sites for hydroxylation is 1. The lowest BCUT2D eigenvalue weighted by atomic mass is 10.0. The van der Waals surface area contributed by atoms with Crippen LogP contribution in [0.4, 0.5) is 5.69 Å². The number of nitrogens with one attached hydrogen (secondary N) is 1. The van der Waals surface area contributed by atoms with Crippen LogP contribution in [0.3, 0.4) is 0 Å². The van der Waals surface area contributed by atoms with Gasteiger partial charge in [-0.25, -0.2) is 8.42 Å². The van der Waals surface area contributed by atoms with Crippen molar-refractivity contribution in [2.75, 3.05) is 19.0 Å². The van der Waals surface area contributed by atoms with Crippen molar-refractivity contribution in [3.8, 4) is 11.1 Å². The number of benzene rings is 3. The molecular formula is C30H32N2O8S. The number of amides is 1. The Morgan fingerprint density at radius 3 is 2.10 bits per heavy atom. The molecule has 10 nitrogen and oxygen atoms in total. The van der Waals surface area contributed by atoms with Gasteiger partial charge in [-0.1, -0.05) is 50.2 Å². The van der Waals surface area contributed by atoms with E-state index in [0.717, 1.165) is 15.4 Å². The number of nitrogens with zero attached hydrogens (tertiary/aromatic N) is 1. The standard InChI is InChI=1S/C30H32N2O8S/c1-17(2)27(30(36)37)32(4)41(38,39)22-14-10-20(11-15-22)19-8-12-21(13-9-19)31-29(35)28-18(3)26-23(24(34)16-33)6-5-7-25(26)40-28/h5-15,17,24,27,33-34H,16H2,1-4H3,(H,31,35)(H,36,37)/t24?,27-/m0/s1. The van der Waals surface area contributed by atoms with Crippen LogP contribution < -0.4 is 5.32 Å². The molecule has 0 fully saturated rings. The Morgan fingerprint density at radius 2 is 1.56 bits per heavy atom. The van der Waals surface area contributed by atoms with Gasteiger partial charge in [-0.3, -0.25) is 9.59 Å². The molecule has 0 radical (unpaired) electrons. The predicted octanol–water partition coefficient (Wildman–Crippen LogP) is 4.42. The first-order chi connectivity index (χ1) is 19.4. The molecule has 0 aliphatic rings. The van der Waals surface area contributed by atoms with E-state index in [0.29, 0.717) is 27.8 Å². The number of aliphatic hydroxyl groups is 2. The smallest absolute Gasteiger partial charge is 0.322 e. The van der Waals surface area contributed by atoms with E-state index in [1.807, 2.05) is 0 Å². The molecule has 3 aromatic carbocycles. The van der Waals surface area contributed by atoms with Crippen LogP contribution in [0.5, 0.6) is 0 Å². The number of hydrogen-bond donors (Lipinski definition) is 4. The van der Waals surface area contributed by atoms with E-state index < -0.39 is 46.6 Å². The van der Waals surface area contributed by atoms with Crippen LogP contribution in [0.25, 0.3) is 22.1 Å². The topological polar surface area (TPSA) is 157 Å². The number of furan rings is 1. The molecule has 1 heterocycles. The number of carboxylic acid groups (broad SMARTS) is 1. The van der Waals surface area contributed by atoms with E-state index in [9.17, 15) is 33.3 Å². The Balaban J connectivity index is 1.51. The van der Waals surface area contributed by atoms with Gasteiger partial charge in [0.1, 0.15) is 17.7 Å². The number of carbonyl (C=O) groups is 2. The second-order valence-corrected chi connectivity index (χ2v) is 12.1. The molecule has 0 saturated carbocycles. The van der Waals surface area contributed by atoms with Crippen LogP contribution in [-0.4, -0.2) is 59.6 Å². The lowest BCUT2D eigenvalue weighted by Gasteiger charge is -2.27. The number of fused-ring (bicyclic) bond motifs is 1. The van der Waals surface area contributed by atoms with Crippen molar-refractivity contribution in [1.82, 2.24) is 4.31 Å². The first-order valence-corrected chi connectivity index (χ1v) is 14.3. The number of hydrogen-bond acceptors (Lipinski definition) is 7. The quantitative estimate of drug-likeness (QED) is 0.215. The lowest BCUT2D eigenvalue weighted by molar-refractivity contribution is -0.142. The summed E-state index contributed by atoms with van der Waals surface area (Å²) in [7, 11) is -2.76. The lowest BCUT2D eigenvalue weighted by Crippen LogP contribution is -2.45. The molecule has 0 bridgehead atoms. The Bertz CT molecular complexity index is 1680. The maximum Gasteiger partial charge on any atom is 0.322 e. The molecule has 1 amide bonds. The van der Waals surface area contributed by atoms with Crippen molar-refractivity contribution in [1.29, 1.82) is 0 Å². The van der Waals surface area contributed by atoms with Crippen LogP contribution >= 0.6 is 0 Å². The zero-order valence-corrected chi connectivity index (χ0v) is 23.8. The molecule has 0 aliphatic carbocycles. The van der Waals surface area contributed by atoms with Crippen LogP contribution in [0.2, 0.25) is 0 Å². The molecule has 11 heteroatoms. The Labute approximate surface area is 237 Å². The summed E-state index contributed by atoms with van der Waals surface area (Å²) in [6.07, 6.45) is -1.10. The van der Waals surface area contributed by atoms with Gasteiger partial charge in [-0.2, -0.15) is 4.31 Å². The van der Waals surface area contributed by atoms with E-state index >= 15 is 0 Å². The number of likely N-dealkylation sites (N-methyl/N-ethyl adjacent to an activating group) is 1. The molecule has 4 aromatic rings. The largest absolute Gasteiger partial charge is 0.480 e. The van der Waals surface area contributed by atoms with Gasteiger partial charge in [0.2, 0.25) is 10.0 Å². The molecule has 4 N–H and O–H groups in total.